The zero-order valence-electron chi connectivity index (χ0n) is 9.34. The molecule has 2 heteroatoms. The van der Waals surface area contributed by atoms with Crippen LogP contribution in [0.5, 0.6) is 0 Å². The van der Waals surface area contributed by atoms with Gasteiger partial charge in [-0.05, 0) is 37.9 Å². The lowest BCUT2D eigenvalue weighted by Crippen LogP contribution is -2.40. The number of aryl methyl sites for hydroxylation is 2. The van der Waals surface area contributed by atoms with E-state index in [2.05, 4.69) is 17.4 Å². The predicted octanol–water partition coefficient (Wildman–Crippen LogP) is 2.10. The fourth-order valence-corrected chi connectivity index (χ4v) is 2.20. The normalized spacial score (nSPS) is 20.1. The molecular formula is C13H17NO. The maximum atomic E-state index is 12.1. The van der Waals surface area contributed by atoms with E-state index < -0.39 is 0 Å². The summed E-state index contributed by atoms with van der Waals surface area (Å²) in [7, 11) is 0. The first-order chi connectivity index (χ1) is 7.22. The average molecular weight is 203 g/mol. The van der Waals surface area contributed by atoms with Crippen LogP contribution in [0.3, 0.4) is 0 Å². The van der Waals surface area contributed by atoms with Gasteiger partial charge in [0.25, 0.3) is 0 Å². The summed E-state index contributed by atoms with van der Waals surface area (Å²) in [5, 5.41) is 3.25. The Morgan fingerprint density at radius 3 is 3.00 bits per heavy atom. The van der Waals surface area contributed by atoms with Crippen LogP contribution in [-0.2, 0) is 6.42 Å². The molecular weight excluding hydrogens is 186 g/mol. The number of Topliss-reactive ketones (excluding diaryl/α,β-unsaturated/α-hetero) is 1. The fraction of sp³-hybridized carbons (Fsp3) is 0.462. The largest absolute Gasteiger partial charge is 0.307 e. The van der Waals surface area contributed by atoms with Crippen LogP contribution in [0.1, 0.15) is 34.8 Å². The van der Waals surface area contributed by atoms with Crippen LogP contribution >= 0.6 is 0 Å². The minimum absolute atomic E-state index is 0.0318. The lowest BCUT2D eigenvalue weighted by molar-refractivity contribution is 0.0929. The van der Waals surface area contributed by atoms with Crippen LogP contribution in [0, 0.1) is 6.92 Å². The first-order valence-electron chi connectivity index (χ1n) is 5.59. The molecule has 0 fully saturated rings. The molecule has 1 aliphatic rings. The Morgan fingerprint density at radius 2 is 2.27 bits per heavy atom. The molecule has 1 aliphatic carbocycles. The molecule has 1 aromatic carbocycles. The molecule has 1 atom stereocenters. The van der Waals surface area contributed by atoms with Gasteiger partial charge in [-0.3, -0.25) is 4.79 Å². The lowest BCUT2D eigenvalue weighted by Gasteiger charge is -2.24. The van der Waals surface area contributed by atoms with Crippen LogP contribution in [0.15, 0.2) is 18.2 Å². The number of hydrogen-bond acceptors (Lipinski definition) is 2. The van der Waals surface area contributed by atoms with Gasteiger partial charge in [-0.2, -0.15) is 0 Å². The maximum absolute atomic E-state index is 12.1. The van der Waals surface area contributed by atoms with Gasteiger partial charge in [0.15, 0.2) is 5.78 Å². The molecule has 0 amide bonds. The Labute approximate surface area is 90.7 Å². The summed E-state index contributed by atoms with van der Waals surface area (Å²) < 4.78 is 0. The predicted molar refractivity (Wildman–Crippen MR) is 61.3 cm³/mol. The molecule has 1 N–H and O–H groups in total. The third-order valence-corrected chi connectivity index (χ3v) is 3.00. The topological polar surface area (TPSA) is 29.1 Å². The fourth-order valence-electron chi connectivity index (χ4n) is 2.20. The van der Waals surface area contributed by atoms with Crippen LogP contribution < -0.4 is 5.32 Å². The summed E-state index contributed by atoms with van der Waals surface area (Å²) in [5.74, 6) is 0.266. The number of nitrogens with one attached hydrogen (secondary N) is 1. The van der Waals surface area contributed by atoms with Gasteiger partial charge in [0.1, 0.15) is 0 Å². The molecule has 2 rings (SSSR count). The smallest absolute Gasteiger partial charge is 0.180 e. The van der Waals surface area contributed by atoms with Gasteiger partial charge in [-0.1, -0.05) is 24.6 Å². The van der Waals surface area contributed by atoms with Crippen molar-refractivity contribution < 1.29 is 4.79 Å². The van der Waals surface area contributed by atoms with Gasteiger partial charge >= 0.3 is 0 Å². The molecule has 0 saturated heterocycles. The standard InChI is InChI=1S/C13H17NO/c1-3-14-12-7-6-10-5-4-9(2)8-11(10)13(12)15/h4-5,8,12,14H,3,6-7H2,1-2H3. The second kappa shape index (κ2) is 4.15. The molecule has 0 aliphatic heterocycles. The summed E-state index contributed by atoms with van der Waals surface area (Å²) in [6.07, 6.45) is 1.95. The molecule has 0 heterocycles. The third kappa shape index (κ3) is 1.95. The second-order valence-electron chi connectivity index (χ2n) is 4.17. The zero-order valence-corrected chi connectivity index (χ0v) is 9.34. The average Bonchev–Trinajstić information content (AvgIpc) is 2.23. The molecule has 0 aromatic heterocycles. The first-order valence-corrected chi connectivity index (χ1v) is 5.59. The van der Waals surface area contributed by atoms with Crippen LogP contribution in [0.25, 0.3) is 0 Å². The van der Waals surface area contributed by atoms with Crippen molar-refractivity contribution in [1.29, 1.82) is 0 Å². The van der Waals surface area contributed by atoms with Gasteiger partial charge in [-0.15, -0.1) is 0 Å². The Balaban J connectivity index is 2.32. The number of carbonyl (C=O) groups excluding carboxylic acids is 1. The number of carbonyl (C=O) groups is 1. The highest BCUT2D eigenvalue weighted by Crippen LogP contribution is 2.22. The van der Waals surface area contributed by atoms with E-state index in [0.29, 0.717) is 0 Å². The van der Waals surface area contributed by atoms with E-state index in [4.69, 9.17) is 0 Å². The van der Waals surface area contributed by atoms with E-state index in [-0.39, 0.29) is 11.8 Å². The molecule has 0 spiro atoms. The number of ketones is 1. The van der Waals surface area contributed by atoms with Gasteiger partial charge in [0.2, 0.25) is 0 Å². The number of likely N-dealkylation sites (N-methyl/N-ethyl adjacent to an activating group) is 1. The highest BCUT2D eigenvalue weighted by atomic mass is 16.1. The van der Waals surface area contributed by atoms with Crippen LogP contribution in [0.4, 0.5) is 0 Å². The third-order valence-electron chi connectivity index (χ3n) is 3.00. The summed E-state index contributed by atoms with van der Waals surface area (Å²) in [6, 6.07) is 6.22. The van der Waals surface area contributed by atoms with Crippen molar-refractivity contribution >= 4 is 5.78 Å². The molecule has 15 heavy (non-hydrogen) atoms. The van der Waals surface area contributed by atoms with E-state index in [1.54, 1.807) is 0 Å². The number of hydrogen-bond donors (Lipinski definition) is 1. The Kier molecular flexibility index (Phi) is 2.87. The Morgan fingerprint density at radius 1 is 1.47 bits per heavy atom. The maximum Gasteiger partial charge on any atom is 0.180 e. The van der Waals surface area contributed by atoms with Crippen molar-refractivity contribution in [3.63, 3.8) is 0 Å². The summed E-state index contributed by atoms with van der Waals surface area (Å²) in [4.78, 5) is 12.1. The van der Waals surface area contributed by atoms with Crippen molar-refractivity contribution in [3.05, 3.63) is 34.9 Å². The van der Waals surface area contributed by atoms with E-state index >= 15 is 0 Å². The molecule has 0 radical (unpaired) electrons. The van der Waals surface area contributed by atoms with Crippen molar-refractivity contribution in [2.45, 2.75) is 32.7 Å². The summed E-state index contributed by atoms with van der Waals surface area (Å²) in [5.41, 5.74) is 3.30. The van der Waals surface area contributed by atoms with Crippen molar-refractivity contribution in [1.82, 2.24) is 5.32 Å². The lowest BCUT2D eigenvalue weighted by atomic mass is 9.86. The summed E-state index contributed by atoms with van der Waals surface area (Å²) >= 11 is 0. The minimum Gasteiger partial charge on any atom is -0.307 e. The van der Waals surface area contributed by atoms with Crippen LogP contribution in [0.2, 0.25) is 0 Å². The molecule has 0 saturated carbocycles. The van der Waals surface area contributed by atoms with E-state index in [9.17, 15) is 4.79 Å². The second-order valence-corrected chi connectivity index (χ2v) is 4.17. The molecule has 1 unspecified atom stereocenters. The van der Waals surface area contributed by atoms with E-state index in [0.717, 1.165) is 24.9 Å². The van der Waals surface area contributed by atoms with E-state index in [1.807, 2.05) is 19.9 Å². The molecule has 0 bridgehead atoms. The highest BCUT2D eigenvalue weighted by Gasteiger charge is 2.26. The van der Waals surface area contributed by atoms with E-state index in [1.165, 1.54) is 11.1 Å². The molecule has 1 aromatic rings. The Hall–Kier alpha value is -1.15. The Bertz CT molecular complexity index is 384. The van der Waals surface area contributed by atoms with Gasteiger partial charge < -0.3 is 5.32 Å². The number of rotatable bonds is 2. The monoisotopic (exact) mass is 203 g/mol. The quantitative estimate of drug-likeness (QED) is 0.797. The molecule has 2 nitrogen and oxygen atoms in total. The van der Waals surface area contributed by atoms with Crippen molar-refractivity contribution in [3.8, 4) is 0 Å². The highest BCUT2D eigenvalue weighted by molar-refractivity contribution is 6.02. The SMILES string of the molecule is CCNC1CCc2ccc(C)cc2C1=O. The van der Waals surface area contributed by atoms with Crippen LogP contribution in [-0.4, -0.2) is 18.4 Å². The zero-order chi connectivity index (χ0) is 10.8. The van der Waals surface area contributed by atoms with Gasteiger partial charge in [0, 0.05) is 5.56 Å². The minimum atomic E-state index is 0.0318. The number of benzene rings is 1. The number of fused-ring (bicyclic) bond motifs is 1. The van der Waals surface area contributed by atoms with Gasteiger partial charge in [0.05, 0.1) is 6.04 Å². The first kappa shape index (κ1) is 10.4. The summed E-state index contributed by atoms with van der Waals surface area (Å²) in [6.45, 7) is 4.93. The van der Waals surface area contributed by atoms with Crippen molar-refractivity contribution in [2.24, 2.45) is 0 Å². The molecule has 80 valence electrons. The van der Waals surface area contributed by atoms with Crippen molar-refractivity contribution in [2.75, 3.05) is 6.54 Å². The van der Waals surface area contributed by atoms with Gasteiger partial charge in [-0.25, -0.2) is 0 Å².